The Bertz CT molecular complexity index is 1290. The molecular weight excluding hydrogens is 598 g/mol. The minimum Gasteiger partial charge on any atom is -0.496 e. The molecule has 2 atom stereocenters. The number of likely N-dealkylation sites (tertiary alicyclic amines) is 1. The Kier molecular flexibility index (Phi) is 9.10. The molecule has 1 saturated heterocycles. The largest absolute Gasteiger partial charge is 0.524 e. The molecule has 2 aliphatic heterocycles. The maximum absolute atomic E-state index is 11.8. The van der Waals surface area contributed by atoms with Crippen LogP contribution in [0.25, 0.3) is 0 Å². The van der Waals surface area contributed by atoms with Crippen LogP contribution in [0.3, 0.4) is 0 Å². The van der Waals surface area contributed by atoms with Crippen molar-refractivity contribution in [1.29, 1.82) is 0 Å². The van der Waals surface area contributed by atoms with Crippen LogP contribution in [0, 0.1) is 6.92 Å². The third-order valence-electron chi connectivity index (χ3n) is 5.48. The Labute approximate surface area is 218 Å². The van der Waals surface area contributed by atoms with Crippen LogP contribution in [0.1, 0.15) is 30.9 Å². The number of ether oxygens (including phenoxy) is 1. The first kappa shape index (κ1) is 32.1. The number of ketones is 1. The topological polar surface area (TPSA) is 129 Å². The Hall–Kier alpha value is -2.15. The summed E-state index contributed by atoms with van der Waals surface area (Å²) in [6.45, 7) is 4.25. The first-order chi connectivity index (χ1) is 17.1. The van der Waals surface area contributed by atoms with Gasteiger partial charge in [-0.15, -0.1) is 3.63 Å². The molecule has 1 aromatic carbocycles. The van der Waals surface area contributed by atoms with E-state index in [9.17, 15) is 48.0 Å². The zero-order valence-electron chi connectivity index (χ0n) is 20.0. The third kappa shape index (κ3) is 6.88. The van der Waals surface area contributed by atoms with Crippen molar-refractivity contribution in [2.24, 2.45) is 5.16 Å². The fourth-order valence-electron chi connectivity index (χ4n) is 3.70. The predicted octanol–water partition coefficient (Wildman–Crippen LogP) is 3.52. The molecule has 0 aromatic heterocycles. The van der Waals surface area contributed by atoms with Gasteiger partial charge in [0.05, 0.1) is 18.9 Å². The van der Waals surface area contributed by atoms with Gasteiger partial charge in [-0.3, -0.25) is 9.69 Å². The predicted molar refractivity (Wildman–Crippen MR) is 120 cm³/mol. The fourth-order valence-corrected chi connectivity index (χ4v) is 5.42. The summed E-state index contributed by atoms with van der Waals surface area (Å²) >= 11 is 6.26. The van der Waals surface area contributed by atoms with Crippen LogP contribution in [0.15, 0.2) is 17.3 Å². The zero-order valence-corrected chi connectivity index (χ0v) is 22.4. The normalized spacial score (nSPS) is 22.5. The number of methoxy groups -OCH3 is 1. The molecule has 2 heterocycles. The van der Waals surface area contributed by atoms with Crippen molar-refractivity contribution in [1.82, 2.24) is 4.90 Å². The maximum atomic E-state index is 11.8. The second-order valence-corrected chi connectivity index (χ2v) is 12.1. The average molecular weight is 619 g/mol. The molecule has 0 aliphatic carbocycles. The first-order valence-electron chi connectivity index (χ1n) is 10.2. The smallest absolute Gasteiger partial charge is 0.496 e. The molecule has 2 unspecified atom stereocenters. The molecular formula is C19H21ClF6N2O8S2. The van der Waals surface area contributed by atoms with Gasteiger partial charge in [-0.1, -0.05) is 16.8 Å². The molecule has 3 rings (SSSR count). The number of hydrogen-bond acceptors (Lipinski definition) is 10. The van der Waals surface area contributed by atoms with E-state index in [0.717, 1.165) is 22.6 Å². The number of benzene rings is 1. The minimum atomic E-state index is -6.85. The molecule has 0 bridgehead atoms. The van der Waals surface area contributed by atoms with Gasteiger partial charge in [0, 0.05) is 30.0 Å². The fraction of sp³-hybridized carbons (Fsp3) is 0.579. The number of likely N-dealkylation sites (N-methyl/N-ethyl adjacent to an activating group) is 1. The van der Waals surface area contributed by atoms with E-state index in [1.165, 1.54) is 0 Å². The van der Waals surface area contributed by atoms with Crippen molar-refractivity contribution >= 4 is 43.3 Å². The van der Waals surface area contributed by atoms with Gasteiger partial charge < -0.3 is 9.57 Å². The molecule has 1 spiro atoms. The summed E-state index contributed by atoms with van der Waals surface area (Å²) in [6.07, 6.45) is 1.31. The molecule has 0 N–H and O–H groups in total. The number of alkyl halides is 6. The van der Waals surface area contributed by atoms with Crippen LogP contribution in [0.5, 0.6) is 5.75 Å². The van der Waals surface area contributed by atoms with E-state index in [2.05, 4.69) is 5.16 Å². The van der Waals surface area contributed by atoms with Crippen LogP contribution < -0.4 is 4.74 Å². The van der Waals surface area contributed by atoms with Crippen LogP contribution in [0.2, 0.25) is 5.02 Å². The summed E-state index contributed by atoms with van der Waals surface area (Å²) in [6, 6.07) is 3.68. The van der Waals surface area contributed by atoms with Crippen LogP contribution in [-0.4, -0.2) is 76.6 Å². The van der Waals surface area contributed by atoms with Crippen LogP contribution in [-0.2, 0) is 33.5 Å². The van der Waals surface area contributed by atoms with Gasteiger partial charge >= 0.3 is 31.3 Å². The number of halogens is 7. The summed E-state index contributed by atoms with van der Waals surface area (Å²) in [7, 11) is -10.1. The van der Waals surface area contributed by atoms with Crippen molar-refractivity contribution < 1.29 is 61.2 Å². The van der Waals surface area contributed by atoms with E-state index in [1.807, 2.05) is 34.6 Å². The average Bonchev–Trinajstić information content (AvgIpc) is 3.30. The highest BCUT2D eigenvalue weighted by Crippen LogP contribution is 2.40. The lowest BCUT2D eigenvalue weighted by Gasteiger charge is -2.20. The number of aryl methyl sites for hydroxylation is 1. The summed E-state index contributed by atoms with van der Waals surface area (Å²) in [5.41, 5.74) is -10.3. The van der Waals surface area contributed by atoms with E-state index in [-0.39, 0.29) is 11.8 Å². The second kappa shape index (κ2) is 10.8. The SMILES string of the molecule is COc1cc(C)c(Cl)cc1C1=NOC2(C1)CC(C(C)=O)N(C)C2.O=S(=O)(OS(=O)(=O)C(F)(F)F)C(F)(F)F. The molecule has 0 saturated carbocycles. The number of hydrogen-bond donors (Lipinski definition) is 0. The summed E-state index contributed by atoms with van der Waals surface area (Å²) in [5.74, 6) is 0.901. The quantitative estimate of drug-likeness (QED) is 0.360. The van der Waals surface area contributed by atoms with Gasteiger partial charge in [0.15, 0.2) is 5.60 Å². The molecule has 2 aliphatic rings. The van der Waals surface area contributed by atoms with Crippen molar-refractivity contribution in [3.63, 3.8) is 0 Å². The Morgan fingerprint density at radius 2 is 1.66 bits per heavy atom. The molecule has 0 amide bonds. The molecule has 1 fully saturated rings. The maximum Gasteiger partial charge on any atom is 0.524 e. The molecule has 216 valence electrons. The number of nitrogens with zero attached hydrogens (tertiary/aromatic N) is 2. The number of Topliss-reactive ketones (excluding diaryl/α,β-unsaturated/α-hetero) is 1. The van der Waals surface area contributed by atoms with E-state index in [4.69, 9.17) is 21.2 Å². The monoisotopic (exact) mass is 618 g/mol. The number of rotatable bonds is 5. The zero-order chi connectivity index (χ0) is 29.5. The number of carbonyl (C=O) groups excluding carboxylic acids is 1. The third-order valence-corrected chi connectivity index (χ3v) is 8.46. The van der Waals surface area contributed by atoms with Gasteiger partial charge in [-0.05, 0) is 38.6 Å². The molecule has 1 aromatic rings. The van der Waals surface area contributed by atoms with E-state index in [0.29, 0.717) is 24.4 Å². The molecule has 38 heavy (non-hydrogen) atoms. The summed E-state index contributed by atoms with van der Waals surface area (Å²) in [5, 5.41) is 4.96. The van der Waals surface area contributed by atoms with E-state index in [1.54, 1.807) is 14.0 Å². The van der Waals surface area contributed by atoms with Gasteiger partial charge in [-0.2, -0.15) is 43.2 Å². The standard InChI is InChI=1S/C17H21ClN2O3.C2F6O5S2/c1-10-5-16(22-4)12(6-13(10)18)14-7-17(23-19-14)8-15(11(2)21)20(3)9-17;3-1(4,5)14(9,10)13-15(11,12)2(6,7)8/h5-6,15H,7-9H2,1-4H3;. The lowest BCUT2D eigenvalue weighted by Crippen LogP contribution is -2.34. The lowest BCUT2D eigenvalue weighted by molar-refractivity contribution is -0.121. The van der Waals surface area contributed by atoms with Crippen molar-refractivity contribution in [2.75, 3.05) is 20.7 Å². The van der Waals surface area contributed by atoms with Crippen molar-refractivity contribution in [3.05, 3.63) is 28.3 Å². The van der Waals surface area contributed by atoms with Crippen LogP contribution >= 0.6 is 11.6 Å². The Balaban J connectivity index is 0.000000296. The Morgan fingerprint density at radius 3 is 2.08 bits per heavy atom. The lowest BCUT2D eigenvalue weighted by atomic mass is 9.90. The summed E-state index contributed by atoms with van der Waals surface area (Å²) < 4.78 is 116. The number of carbonyl (C=O) groups is 1. The molecule has 19 heteroatoms. The van der Waals surface area contributed by atoms with Crippen LogP contribution in [0.4, 0.5) is 26.3 Å². The van der Waals surface area contributed by atoms with Gasteiger partial charge in [-0.25, -0.2) is 0 Å². The van der Waals surface area contributed by atoms with Crippen molar-refractivity contribution in [3.8, 4) is 5.75 Å². The highest BCUT2D eigenvalue weighted by molar-refractivity contribution is 8.00. The van der Waals surface area contributed by atoms with Gasteiger partial charge in [0.2, 0.25) is 0 Å². The van der Waals surface area contributed by atoms with Gasteiger partial charge in [0.25, 0.3) is 0 Å². The first-order valence-corrected chi connectivity index (χ1v) is 13.4. The highest BCUT2D eigenvalue weighted by Gasteiger charge is 2.57. The minimum absolute atomic E-state index is 0.104. The van der Waals surface area contributed by atoms with E-state index >= 15 is 0 Å². The Morgan fingerprint density at radius 1 is 1.13 bits per heavy atom. The van der Waals surface area contributed by atoms with Crippen molar-refractivity contribution in [2.45, 2.75) is 49.3 Å². The summed E-state index contributed by atoms with van der Waals surface area (Å²) in [4.78, 5) is 19.6. The molecule has 0 radical (unpaired) electrons. The molecule has 10 nitrogen and oxygen atoms in total. The highest BCUT2D eigenvalue weighted by atomic mass is 35.5. The second-order valence-electron chi connectivity index (χ2n) is 8.40. The number of oxime groups is 1. The van der Waals surface area contributed by atoms with Gasteiger partial charge in [0.1, 0.15) is 11.5 Å². The van der Waals surface area contributed by atoms with E-state index < -0.39 is 36.9 Å².